The van der Waals surface area contributed by atoms with E-state index in [2.05, 4.69) is 35.0 Å². The number of aryl methyl sites for hydroxylation is 1. The molecule has 0 saturated carbocycles. The van der Waals surface area contributed by atoms with Crippen molar-refractivity contribution in [3.63, 3.8) is 0 Å². The molecule has 2 aromatic rings. The number of anilines is 1. The zero-order valence-corrected chi connectivity index (χ0v) is 16.5. The molecule has 144 valence electrons. The molecule has 0 radical (unpaired) electrons. The van der Waals surface area contributed by atoms with E-state index in [1.54, 1.807) is 24.3 Å². The molecule has 0 aliphatic carbocycles. The van der Waals surface area contributed by atoms with E-state index in [1.807, 2.05) is 32.9 Å². The van der Waals surface area contributed by atoms with Gasteiger partial charge in [0.2, 0.25) is 0 Å². The summed E-state index contributed by atoms with van der Waals surface area (Å²) in [6, 6.07) is 14.7. The third kappa shape index (κ3) is 6.44. The highest BCUT2D eigenvalue weighted by Crippen LogP contribution is 2.15. The van der Waals surface area contributed by atoms with Gasteiger partial charge in [0.05, 0.1) is 6.04 Å². The van der Waals surface area contributed by atoms with Gasteiger partial charge in [0.15, 0.2) is 0 Å². The van der Waals surface area contributed by atoms with Crippen LogP contribution in [0.1, 0.15) is 55.2 Å². The quantitative estimate of drug-likeness (QED) is 0.673. The Labute approximate surface area is 161 Å². The van der Waals surface area contributed by atoms with Crippen LogP contribution in [0.15, 0.2) is 48.5 Å². The molecule has 3 N–H and O–H groups in total. The van der Waals surface area contributed by atoms with Gasteiger partial charge in [-0.3, -0.25) is 4.79 Å². The van der Waals surface area contributed by atoms with Crippen LogP contribution in [0.3, 0.4) is 0 Å². The first-order valence-electron chi connectivity index (χ1n) is 9.43. The Balaban J connectivity index is 1.88. The second-order valence-corrected chi connectivity index (χ2v) is 7.10. The minimum Gasteiger partial charge on any atom is -0.352 e. The highest BCUT2D eigenvalue weighted by molar-refractivity contribution is 5.95. The second kappa shape index (κ2) is 9.76. The van der Waals surface area contributed by atoms with Gasteiger partial charge in [-0.05, 0) is 54.7 Å². The maximum atomic E-state index is 12.2. The van der Waals surface area contributed by atoms with Gasteiger partial charge in [-0.2, -0.15) is 0 Å². The molecule has 0 aromatic heterocycles. The van der Waals surface area contributed by atoms with Crippen LogP contribution in [0.25, 0.3) is 0 Å². The van der Waals surface area contributed by atoms with Crippen molar-refractivity contribution in [1.82, 2.24) is 10.6 Å². The highest BCUT2D eigenvalue weighted by Gasteiger charge is 2.10. The van der Waals surface area contributed by atoms with E-state index in [9.17, 15) is 9.59 Å². The lowest BCUT2D eigenvalue weighted by molar-refractivity contribution is 0.0949. The topological polar surface area (TPSA) is 70.2 Å². The van der Waals surface area contributed by atoms with Gasteiger partial charge < -0.3 is 16.0 Å². The monoisotopic (exact) mass is 367 g/mol. The average Bonchev–Trinajstić information content (AvgIpc) is 2.66. The number of carbonyl (C=O) groups is 2. The van der Waals surface area contributed by atoms with Crippen LogP contribution in [0.2, 0.25) is 0 Å². The second-order valence-electron chi connectivity index (χ2n) is 7.10. The van der Waals surface area contributed by atoms with Crippen molar-refractivity contribution in [3.8, 4) is 0 Å². The fraction of sp³-hybridized carbons (Fsp3) is 0.364. The fourth-order valence-electron chi connectivity index (χ4n) is 2.59. The molecule has 0 saturated heterocycles. The van der Waals surface area contributed by atoms with Crippen LogP contribution < -0.4 is 16.0 Å². The van der Waals surface area contributed by atoms with Crippen LogP contribution >= 0.6 is 0 Å². The Morgan fingerprint density at radius 2 is 1.56 bits per heavy atom. The Morgan fingerprint density at radius 1 is 0.926 bits per heavy atom. The van der Waals surface area contributed by atoms with E-state index in [0.717, 1.165) is 12.0 Å². The molecule has 2 aromatic carbocycles. The summed E-state index contributed by atoms with van der Waals surface area (Å²) in [6.07, 6.45) is 0.994. The number of carbonyl (C=O) groups excluding carboxylic acids is 2. The fourth-order valence-corrected chi connectivity index (χ4v) is 2.59. The zero-order valence-electron chi connectivity index (χ0n) is 16.5. The maximum absolute atomic E-state index is 12.2. The predicted molar refractivity (Wildman–Crippen MR) is 110 cm³/mol. The van der Waals surface area contributed by atoms with Crippen molar-refractivity contribution in [1.29, 1.82) is 0 Å². The summed E-state index contributed by atoms with van der Waals surface area (Å²) in [7, 11) is 0. The van der Waals surface area contributed by atoms with Gasteiger partial charge in [0, 0.05) is 17.8 Å². The van der Waals surface area contributed by atoms with E-state index < -0.39 is 0 Å². The van der Waals surface area contributed by atoms with E-state index in [0.29, 0.717) is 23.7 Å². The lowest BCUT2D eigenvalue weighted by Gasteiger charge is -2.15. The summed E-state index contributed by atoms with van der Waals surface area (Å²) in [5.74, 6) is 0.294. The third-order valence-electron chi connectivity index (χ3n) is 4.31. The summed E-state index contributed by atoms with van der Waals surface area (Å²) in [6.45, 7) is 8.79. The first-order valence-corrected chi connectivity index (χ1v) is 9.43. The van der Waals surface area contributed by atoms with Crippen molar-refractivity contribution in [3.05, 3.63) is 65.2 Å². The van der Waals surface area contributed by atoms with E-state index in [1.165, 1.54) is 5.56 Å². The van der Waals surface area contributed by atoms with Crippen LogP contribution in [-0.2, 0) is 6.42 Å². The number of urea groups is 1. The summed E-state index contributed by atoms with van der Waals surface area (Å²) >= 11 is 0. The standard InChI is InChI=1S/C22H29N3O2/c1-5-17-6-8-18(9-7-17)16(4)24-22(27)25-20-12-10-19(11-13-20)21(26)23-14-15(2)3/h6-13,15-16H,5,14H2,1-4H3,(H,23,26)(H2,24,25,27). The third-order valence-corrected chi connectivity index (χ3v) is 4.31. The molecular weight excluding hydrogens is 338 g/mol. The first-order chi connectivity index (χ1) is 12.9. The van der Waals surface area contributed by atoms with E-state index in [4.69, 9.17) is 0 Å². The summed E-state index contributed by atoms with van der Waals surface area (Å²) in [5, 5.41) is 8.60. The van der Waals surface area contributed by atoms with Crippen LogP contribution in [0, 0.1) is 5.92 Å². The molecular formula is C22H29N3O2. The van der Waals surface area contributed by atoms with Gasteiger partial charge in [-0.1, -0.05) is 45.0 Å². The van der Waals surface area contributed by atoms with E-state index in [-0.39, 0.29) is 18.0 Å². The Hall–Kier alpha value is -2.82. The molecule has 0 aliphatic heterocycles. The molecule has 5 heteroatoms. The van der Waals surface area contributed by atoms with Crippen molar-refractivity contribution < 1.29 is 9.59 Å². The number of hydrogen-bond donors (Lipinski definition) is 3. The van der Waals surface area contributed by atoms with Crippen LogP contribution in [0.4, 0.5) is 10.5 Å². The molecule has 0 heterocycles. The number of rotatable bonds is 7. The maximum Gasteiger partial charge on any atom is 0.319 e. The minimum atomic E-state index is -0.279. The summed E-state index contributed by atoms with van der Waals surface area (Å²) in [4.78, 5) is 24.2. The molecule has 0 spiro atoms. The SMILES string of the molecule is CCc1ccc(C(C)NC(=O)Nc2ccc(C(=O)NCC(C)C)cc2)cc1. The number of nitrogens with one attached hydrogen (secondary N) is 3. The highest BCUT2D eigenvalue weighted by atomic mass is 16.2. The number of amides is 3. The van der Waals surface area contributed by atoms with E-state index >= 15 is 0 Å². The Morgan fingerprint density at radius 3 is 2.11 bits per heavy atom. The molecule has 2 rings (SSSR count). The predicted octanol–water partition coefficient (Wildman–Crippen LogP) is 4.52. The number of benzene rings is 2. The van der Waals surface area contributed by atoms with Gasteiger partial charge in [-0.25, -0.2) is 4.79 Å². The zero-order chi connectivity index (χ0) is 19.8. The minimum absolute atomic E-state index is 0.100. The van der Waals surface area contributed by atoms with Crippen LogP contribution in [0.5, 0.6) is 0 Å². The smallest absolute Gasteiger partial charge is 0.319 e. The van der Waals surface area contributed by atoms with Gasteiger partial charge in [0.25, 0.3) is 5.91 Å². The lowest BCUT2D eigenvalue weighted by Crippen LogP contribution is -2.31. The number of hydrogen-bond acceptors (Lipinski definition) is 2. The van der Waals surface area contributed by atoms with Gasteiger partial charge in [-0.15, -0.1) is 0 Å². The van der Waals surface area contributed by atoms with Crippen molar-refractivity contribution in [2.45, 2.75) is 40.2 Å². The normalized spacial score (nSPS) is 11.7. The molecule has 27 heavy (non-hydrogen) atoms. The molecule has 0 aliphatic rings. The molecule has 0 fully saturated rings. The largest absolute Gasteiger partial charge is 0.352 e. The summed E-state index contributed by atoms with van der Waals surface area (Å²) < 4.78 is 0. The van der Waals surface area contributed by atoms with Gasteiger partial charge in [0.1, 0.15) is 0 Å². The molecule has 5 nitrogen and oxygen atoms in total. The van der Waals surface area contributed by atoms with Crippen molar-refractivity contribution >= 4 is 17.6 Å². The Bertz CT molecular complexity index is 752. The molecule has 3 amide bonds. The lowest BCUT2D eigenvalue weighted by atomic mass is 10.1. The Kier molecular flexibility index (Phi) is 7.41. The molecule has 1 unspecified atom stereocenters. The average molecular weight is 367 g/mol. The van der Waals surface area contributed by atoms with Crippen LogP contribution in [-0.4, -0.2) is 18.5 Å². The van der Waals surface area contributed by atoms with Crippen molar-refractivity contribution in [2.75, 3.05) is 11.9 Å². The van der Waals surface area contributed by atoms with Crippen molar-refractivity contribution in [2.24, 2.45) is 5.92 Å². The summed E-state index contributed by atoms with van der Waals surface area (Å²) in [5.41, 5.74) is 3.54. The molecule has 0 bridgehead atoms. The molecule has 1 atom stereocenters. The first kappa shape index (κ1) is 20.5. The van der Waals surface area contributed by atoms with Gasteiger partial charge >= 0.3 is 6.03 Å².